The molecule has 6 heteroatoms. The van der Waals surface area contributed by atoms with Gasteiger partial charge in [-0.05, 0) is 32.9 Å². The lowest BCUT2D eigenvalue weighted by Gasteiger charge is -2.37. The van der Waals surface area contributed by atoms with Crippen LogP contribution in [0, 0.1) is 6.92 Å². The molecule has 0 aliphatic carbocycles. The van der Waals surface area contributed by atoms with Gasteiger partial charge in [0.25, 0.3) is 5.91 Å². The van der Waals surface area contributed by atoms with Gasteiger partial charge in [-0.15, -0.1) is 0 Å². The number of aryl methyl sites for hydroxylation is 1. The van der Waals surface area contributed by atoms with Crippen LogP contribution in [0.15, 0.2) is 30.7 Å². The molecule has 24 heavy (non-hydrogen) atoms. The van der Waals surface area contributed by atoms with E-state index in [4.69, 9.17) is 0 Å². The van der Waals surface area contributed by atoms with E-state index in [2.05, 4.69) is 33.7 Å². The fraction of sp³-hybridized carbons (Fsp3) is 0.444. The van der Waals surface area contributed by atoms with Crippen molar-refractivity contribution in [1.82, 2.24) is 24.8 Å². The molecule has 0 radical (unpaired) electrons. The molecule has 6 nitrogen and oxygen atoms in total. The molecule has 0 saturated carbocycles. The van der Waals surface area contributed by atoms with Crippen LogP contribution in [0.25, 0.3) is 11.3 Å². The lowest BCUT2D eigenvalue weighted by molar-refractivity contribution is 0.0595. The highest BCUT2D eigenvalue weighted by molar-refractivity contribution is 5.99. The van der Waals surface area contributed by atoms with E-state index in [0.29, 0.717) is 23.1 Å². The minimum absolute atomic E-state index is 0.00483. The molecule has 1 saturated heterocycles. The summed E-state index contributed by atoms with van der Waals surface area (Å²) in [5.74, 6) is 0.660. The van der Waals surface area contributed by atoms with Gasteiger partial charge in [-0.25, -0.2) is 9.97 Å². The van der Waals surface area contributed by atoms with Crippen LogP contribution in [0.1, 0.15) is 30.0 Å². The Hall–Kier alpha value is -2.34. The fourth-order valence-corrected chi connectivity index (χ4v) is 2.97. The average molecular weight is 325 g/mol. The topological polar surface area (TPSA) is 62.2 Å². The zero-order chi connectivity index (χ0) is 17.1. The maximum atomic E-state index is 13.0. The third-order valence-electron chi connectivity index (χ3n) is 4.43. The first kappa shape index (κ1) is 16.5. The van der Waals surface area contributed by atoms with Gasteiger partial charge in [-0.2, -0.15) is 0 Å². The third kappa shape index (κ3) is 3.43. The van der Waals surface area contributed by atoms with Crippen LogP contribution in [-0.2, 0) is 0 Å². The summed E-state index contributed by atoms with van der Waals surface area (Å²) >= 11 is 0. The Morgan fingerprint density at radius 2 is 1.79 bits per heavy atom. The lowest BCUT2D eigenvalue weighted by Crippen LogP contribution is -2.50. The van der Waals surface area contributed by atoms with Gasteiger partial charge in [-0.1, -0.05) is 0 Å². The van der Waals surface area contributed by atoms with Gasteiger partial charge >= 0.3 is 0 Å². The lowest BCUT2D eigenvalue weighted by atomic mass is 10.1. The maximum absolute atomic E-state index is 13.0. The predicted octanol–water partition coefficient (Wildman–Crippen LogP) is 2.01. The van der Waals surface area contributed by atoms with Crippen LogP contribution in [0.3, 0.4) is 0 Å². The van der Waals surface area contributed by atoms with Crippen molar-refractivity contribution in [2.45, 2.75) is 26.8 Å². The minimum atomic E-state index is 0.00483. The van der Waals surface area contributed by atoms with E-state index in [0.717, 1.165) is 31.7 Å². The second-order valence-electron chi connectivity index (χ2n) is 6.34. The van der Waals surface area contributed by atoms with E-state index < -0.39 is 0 Å². The quantitative estimate of drug-likeness (QED) is 0.864. The summed E-state index contributed by atoms with van der Waals surface area (Å²) in [5, 5.41) is 0. The molecule has 2 aromatic heterocycles. The smallest absolute Gasteiger partial charge is 0.257 e. The summed E-state index contributed by atoms with van der Waals surface area (Å²) in [6.07, 6.45) is 5.07. The first-order valence-corrected chi connectivity index (χ1v) is 8.33. The molecule has 0 bridgehead atoms. The number of carbonyl (C=O) groups is 1. The standard InChI is InChI=1S/C18H23N5O/c1-13(2)22-8-10-23(11-9-22)18(24)16-12-20-14(3)21-17(16)15-4-6-19-7-5-15/h4-7,12-13H,8-11H2,1-3H3. The number of aromatic nitrogens is 3. The molecule has 3 rings (SSSR count). The van der Waals surface area contributed by atoms with Crippen LogP contribution in [-0.4, -0.2) is 62.9 Å². The Labute approximate surface area is 142 Å². The number of hydrogen-bond acceptors (Lipinski definition) is 5. The van der Waals surface area contributed by atoms with Crippen LogP contribution in [0.5, 0.6) is 0 Å². The van der Waals surface area contributed by atoms with Gasteiger partial charge in [0.05, 0.1) is 11.3 Å². The van der Waals surface area contributed by atoms with Crippen molar-refractivity contribution in [3.63, 3.8) is 0 Å². The van der Waals surface area contributed by atoms with E-state index in [1.54, 1.807) is 18.6 Å². The van der Waals surface area contributed by atoms with Crippen molar-refractivity contribution < 1.29 is 4.79 Å². The van der Waals surface area contributed by atoms with Crippen LogP contribution >= 0.6 is 0 Å². The number of hydrogen-bond donors (Lipinski definition) is 0. The Balaban J connectivity index is 1.86. The second kappa shape index (κ2) is 7.05. The van der Waals surface area contributed by atoms with Crippen LogP contribution in [0.4, 0.5) is 0 Å². The zero-order valence-corrected chi connectivity index (χ0v) is 14.4. The molecule has 126 valence electrons. The van der Waals surface area contributed by atoms with E-state index >= 15 is 0 Å². The first-order chi connectivity index (χ1) is 11.6. The molecule has 1 aliphatic heterocycles. The highest BCUT2D eigenvalue weighted by Gasteiger charge is 2.26. The highest BCUT2D eigenvalue weighted by Crippen LogP contribution is 2.22. The van der Waals surface area contributed by atoms with Crippen LogP contribution in [0.2, 0.25) is 0 Å². The Morgan fingerprint density at radius 1 is 1.12 bits per heavy atom. The first-order valence-electron chi connectivity index (χ1n) is 8.33. The summed E-state index contributed by atoms with van der Waals surface area (Å²) in [4.78, 5) is 30.1. The number of amides is 1. The van der Waals surface area contributed by atoms with Crippen molar-refractivity contribution in [3.05, 3.63) is 42.1 Å². The molecular formula is C18H23N5O. The van der Waals surface area contributed by atoms with Gasteiger partial charge < -0.3 is 4.90 Å². The molecule has 2 aromatic rings. The van der Waals surface area contributed by atoms with E-state index in [1.807, 2.05) is 24.0 Å². The van der Waals surface area contributed by atoms with Crippen molar-refractivity contribution in [3.8, 4) is 11.3 Å². The molecule has 1 aliphatic rings. The van der Waals surface area contributed by atoms with Gasteiger partial charge in [0.15, 0.2) is 0 Å². The fourth-order valence-electron chi connectivity index (χ4n) is 2.97. The summed E-state index contributed by atoms with van der Waals surface area (Å²) in [6, 6.07) is 4.25. The van der Waals surface area contributed by atoms with Crippen molar-refractivity contribution in [2.75, 3.05) is 26.2 Å². The average Bonchev–Trinajstić information content (AvgIpc) is 2.62. The number of rotatable bonds is 3. The Morgan fingerprint density at radius 3 is 2.42 bits per heavy atom. The summed E-state index contributed by atoms with van der Waals surface area (Å²) in [7, 11) is 0. The highest BCUT2D eigenvalue weighted by atomic mass is 16.2. The van der Waals surface area contributed by atoms with E-state index in [9.17, 15) is 4.79 Å². The van der Waals surface area contributed by atoms with Crippen LogP contribution < -0.4 is 0 Å². The third-order valence-corrected chi connectivity index (χ3v) is 4.43. The number of pyridine rings is 1. The van der Waals surface area contributed by atoms with E-state index in [-0.39, 0.29) is 5.91 Å². The monoisotopic (exact) mass is 325 g/mol. The van der Waals surface area contributed by atoms with Crippen molar-refractivity contribution in [1.29, 1.82) is 0 Å². The van der Waals surface area contributed by atoms with Gasteiger partial charge in [0, 0.05) is 56.4 Å². The molecular weight excluding hydrogens is 302 g/mol. The van der Waals surface area contributed by atoms with Gasteiger partial charge in [0.2, 0.25) is 0 Å². The largest absolute Gasteiger partial charge is 0.336 e. The predicted molar refractivity (Wildman–Crippen MR) is 92.6 cm³/mol. The molecule has 0 spiro atoms. The molecule has 1 amide bonds. The van der Waals surface area contributed by atoms with E-state index in [1.165, 1.54) is 0 Å². The summed E-state index contributed by atoms with van der Waals surface area (Å²) < 4.78 is 0. The zero-order valence-electron chi connectivity index (χ0n) is 14.4. The second-order valence-corrected chi connectivity index (χ2v) is 6.34. The number of piperazine rings is 1. The van der Waals surface area contributed by atoms with Crippen molar-refractivity contribution in [2.24, 2.45) is 0 Å². The SMILES string of the molecule is Cc1ncc(C(=O)N2CCN(C(C)C)CC2)c(-c2ccncc2)n1. The Kier molecular flexibility index (Phi) is 4.85. The molecule has 3 heterocycles. The Bertz CT molecular complexity index is 709. The van der Waals surface area contributed by atoms with Crippen molar-refractivity contribution >= 4 is 5.91 Å². The molecule has 0 unspecified atom stereocenters. The van der Waals surface area contributed by atoms with Gasteiger partial charge in [0.1, 0.15) is 5.82 Å². The minimum Gasteiger partial charge on any atom is -0.336 e. The maximum Gasteiger partial charge on any atom is 0.257 e. The molecule has 1 fully saturated rings. The summed E-state index contributed by atoms with van der Waals surface area (Å²) in [5.41, 5.74) is 2.13. The molecule has 0 N–H and O–H groups in total. The van der Waals surface area contributed by atoms with Gasteiger partial charge in [-0.3, -0.25) is 14.7 Å². The normalized spacial score (nSPS) is 15.8. The summed E-state index contributed by atoms with van der Waals surface area (Å²) in [6.45, 7) is 9.49. The molecule has 0 aromatic carbocycles. The number of carbonyl (C=O) groups excluding carboxylic acids is 1. The molecule has 0 atom stereocenters. The number of nitrogens with zero attached hydrogens (tertiary/aromatic N) is 5.